The van der Waals surface area contributed by atoms with Crippen molar-refractivity contribution in [1.82, 2.24) is 14.3 Å². The van der Waals surface area contributed by atoms with Gasteiger partial charge in [-0.1, -0.05) is 12.8 Å². The molecule has 0 amide bonds. The zero-order valence-electron chi connectivity index (χ0n) is 11.5. The Balaban J connectivity index is 1.74. The van der Waals surface area contributed by atoms with E-state index >= 15 is 0 Å². The molecule has 1 aliphatic carbocycles. The van der Waals surface area contributed by atoms with E-state index in [-0.39, 0.29) is 6.04 Å². The molecule has 0 aromatic carbocycles. The summed E-state index contributed by atoms with van der Waals surface area (Å²) in [5.41, 5.74) is 8.25. The van der Waals surface area contributed by atoms with Crippen LogP contribution in [0.25, 0.3) is 0 Å². The van der Waals surface area contributed by atoms with Crippen molar-refractivity contribution in [2.75, 3.05) is 0 Å². The first kappa shape index (κ1) is 12.5. The molecule has 102 valence electrons. The van der Waals surface area contributed by atoms with E-state index < -0.39 is 0 Å². The Morgan fingerprint density at radius 1 is 1.32 bits per heavy atom. The second-order valence-electron chi connectivity index (χ2n) is 5.57. The number of nitrogens with two attached hydrogens (primary N) is 1. The monoisotopic (exact) mass is 258 g/mol. The van der Waals surface area contributed by atoms with Crippen LogP contribution in [0.3, 0.4) is 0 Å². The number of hydrogen-bond acceptors (Lipinski definition) is 2. The van der Waals surface area contributed by atoms with Crippen LogP contribution in [-0.2, 0) is 6.54 Å². The average Bonchev–Trinajstić information content (AvgIpc) is 3.09. The van der Waals surface area contributed by atoms with Gasteiger partial charge in [0.05, 0.1) is 18.3 Å². The van der Waals surface area contributed by atoms with Crippen molar-refractivity contribution in [2.45, 2.75) is 51.2 Å². The van der Waals surface area contributed by atoms with Crippen LogP contribution in [0.5, 0.6) is 0 Å². The number of rotatable bonds is 4. The lowest BCUT2D eigenvalue weighted by Crippen LogP contribution is -2.13. The average molecular weight is 258 g/mol. The Hall–Kier alpha value is -1.55. The molecule has 0 spiro atoms. The lowest BCUT2D eigenvalue weighted by molar-refractivity contribution is 0.461. The molecule has 3 rings (SSSR count). The number of nitrogens with zero attached hydrogens (tertiary/aromatic N) is 3. The molecule has 1 aliphatic rings. The summed E-state index contributed by atoms with van der Waals surface area (Å²) in [4.78, 5) is 0. The van der Waals surface area contributed by atoms with Gasteiger partial charge in [0.25, 0.3) is 0 Å². The molecular formula is C15H22N4. The molecule has 4 nitrogen and oxygen atoms in total. The molecule has 1 unspecified atom stereocenters. The van der Waals surface area contributed by atoms with E-state index in [1.54, 1.807) is 0 Å². The SMILES string of the molecule is CC(N)c1cccn1Cc1ccn(C2CCCC2)n1. The van der Waals surface area contributed by atoms with E-state index in [1.165, 1.54) is 25.7 Å². The molecule has 4 heteroatoms. The van der Waals surface area contributed by atoms with Crippen molar-refractivity contribution in [1.29, 1.82) is 0 Å². The van der Waals surface area contributed by atoms with Crippen LogP contribution in [0.1, 0.15) is 56.1 Å². The number of aromatic nitrogens is 3. The summed E-state index contributed by atoms with van der Waals surface area (Å²) < 4.78 is 4.34. The van der Waals surface area contributed by atoms with Crippen molar-refractivity contribution in [2.24, 2.45) is 5.73 Å². The van der Waals surface area contributed by atoms with Crippen LogP contribution in [0.15, 0.2) is 30.6 Å². The first-order chi connectivity index (χ1) is 9.24. The first-order valence-corrected chi connectivity index (χ1v) is 7.18. The highest BCUT2D eigenvalue weighted by Crippen LogP contribution is 2.28. The maximum absolute atomic E-state index is 5.97. The highest BCUT2D eigenvalue weighted by Gasteiger charge is 2.17. The highest BCUT2D eigenvalue weighted by atomic mass is 15.3. The summed E-state index contributed by atoms with van der Waals surface area (Å²) in [6.07, 6.45) is 9.43. The van der Waals surface area contributed by atoms with Gasteiger partial charge >= 0.3 is 0 Å². The predicted octanol–water partition coefficient (Wildman–Crippen LogP) is 2.87. The molecule has 0 saturated heterocycles. The quantitative estimate of drug-likeness (QED) is 0.916. The summed E-state index contributed by atoms with van der Waals surface area (Å²) in [6.45, 7) is 2.83. The van der Waals surface area contributed by atoms with E-state index in [1.807, 2.05) is 13.0 Å². The predicted molar refractivity (Wildman–Crippen MR) is 75.9 cm³/mol. The minimum absolute atomic E-state index is 0.0620. The van der Waals surface area contributed by atoms with Gasteiger partial charge in [-0.25, -0.2) is 0 Å². The highest BCUT2D eigenvalue weighted by molar-refractivity contribution is 5.13. The third-order valence-electron chi connectivity index (χ3n) is 4.03. The van der Waals surface area contributed by atoms with Crippen molar-refractivity contribution in [3.05, 3.63) is 42.0 Å². The Morgan fingerprint density at radius 2 is 2.11 bits per heavy atom. The molecule has 2 aromatic heterocycles. The van der Waals surface area contributed by atoms with Crippen molar-refractivity contribution >= 4 is 0 Å². The van der Waals surface area contributed by atoms with Gasteiger partial charge in [0.15, 0.2) is 0 Å². The van der Waals surface area contributed by atoms with Crippen LogP contribution in [0.4, 0.5) is 0 Å². The maximum atomic E-state index is 5.97. The molecule has 0 aliphatic heterocycles. The Labute approximate surface area is 114 Å². The molecule has 1 saturated carbocycles. The van der Waals surface area contributed by atoms with Crippen molar-refractivity contribution in [3.8, 4) is 0 Å². The zero-order chi connectivity index (χ0) is 13.2. The summed E-state index contributed by atoms with van der Waals surface area (Å²) in [6, 6.07) is 6.94. The minimum Gasteiger partial charge on any atom is -0.344 e. The minimum atomic E-state index is 0.0620. The normalized spacial score (nSPS) is 18.0. The smallest absolute Gasteiger partial charge is 0.0821 e. The van der Waals surface area contributed by atoms with Crippen LogP contribution in [0.2, 0.25) is 0 Å². The fourth-order valence-corrected chi connectivity index (χ4v) is 2.99. The van der Waals surface area contributed by atoms with Crippen molar-refractivity contribution in [3.63, 3.8) is 0 Å². The molecule has 0 radical (unpaired) electrons. The summed E-state index contributed by atoms with van der Waals surface area (Å²) in [5.74, 6) is 0. The van der Waals surface area contributed by atoms with Gasteiger partial charge in [0, 0.05) is 24.1 Å². The Kier molecular flexibility index (Phi) is 3.42. The maximum Gasteiger partial charge on any atom is 0.0821 e. The third kappa shape index (κ3) is 2.59. The topological polar surface area (TPSA) is 48.8 Å². The van der Waals surface area contributed by atoms with Crippen LogP contribution in [0, 0.1) is 0 Å². The third-order valence-corrected chi connectivity index (χ3v) is 4.03. The summed E-state index contributed by atoms with van der Waals surface area (Å²) in [5, 5.41) is 4.72. The standard InChI is InChI=1S/C15H22N4/c1-12(16)15-7-4-9-18(15)11-13-8-10-19(17-13)14-5-2-3-6-14/h4,7-10,12,14H,2-3,5-6,11,16H2,1H3. The molecule has 1 fully saturated rings. The van der Waals surface area contributed by atoms with Crippen LogP contribution >= 0.6 is 0 Å². The van der Waals surface area contributed by atoms with E-state index in [9.17, 15) is 0 Å². The molecular weight excluding hydrogens is 236 g/mol. The molecule has 2 heterocycles. The lowest BCUT2D eigenvalue weighted by Gasteiger charge is -2.11. The fourth-order valence-electron chi connectivity index (χ4n) is 2.99. The largest absolute Gasteiger partial charge is 0.344 e. The second kappa shape index (κ2) is 5.21. The van der Waals surface area contributed by atoms with Gasteiger partial charge in [-0.3, -0.25) is 4.68 Å². The van der Waals surface area contributed by atoms with Crippen LogP contribution in [-0.4, -0.2) is 14.3 Å². The Bertz CT molecular complexity index is 532. The molecule has 0 bridgehead atoms. The zero-order valence-corrected chi connectivity index (χ0v) is 11.5. The van der Waals surface area contributed by atoms with Crippen molar-refractivity contribution < 1.29 is 0 Å². The molecule has 1 atom stereocenters. The Morgan fingerprint density at radius 3 is 2.84 bits per heavy atom. The first-order valence-electron chi connectivity index (χ1n) is 7.18. The number of hydrogen-bond donors (Lipinski definition) is 1. The van der Waals surface area contributed by atoms with Gasteiger partial charge < -0.3 is 10.3 Å². The van der Waals surface area contributed by atoms with Gasteiger partial charge in [-0.05, 0) is 38.0 Å². The lowest BCUT2D eigenvalue weighted by atomic mass is 10.2. The van der Waals surface area contributed by atoms with Gasteiger partial charge in [-0.15, -0.1) is 0 Å². The molecule has 2 aromatic rings. The summed E-state index contributed by atoms with van der Waals surface area (Å²) >= 11 is 0. The summed E-state index contributed by atoms with van der Waals surface area (Å²) in [7, 11) is 0. The van der Waals surface area contributed by atoms with Gasteiger partial charge in [0.1, 0.15) is 0 Å². The van der Waals surface area contributed by atoms with E-state index in [2.05, 4.69) is 33.8 Å². The van der Waals surface area contributed by atoms with E-state index in [0.717, 1.165) is 17.9 Å². The second-order valence-corrected chi connectivity index (χ2v) is 5.57. The molecule has 2 N–H and O–H groups in total. The van der Waals surface area contributed by atoms with Crippen LogP contribution < -0.4 is 5.73 Å². The molecule has 19 heavy (non-hydrogen) atoms. The van der Waals surface area contributed by atoms with E-state index in [0.29, 0.717) is 6.04 Å². The fraction of sp³-hybridized carbons (Fsp3) is 0.533. The van der Waals surface area contributed by atoms with Gasteiger partial charge in [-0.2, -0.15) is 5.10 Å². The van der Waals surface area contributed by atoms with Gasteiger partial charge in [0.2, 0.25) is 0 Å². The van der Waals surface area contributed by atoms with E-state index in [4.69, 9.17) is 10.8 Å².